The van der Waals surface area contributed by atoms with Crippen LogP contribution in [0.5, 0.6) is 11.5 Å². The van der Waals surface area contributed by atoms with E-state index in [4.69, 9.17) is 43.5 Å². The molecule has 4 atom stereocenters. The molecule has 4 aromatic carbocycles. The lowest BCUT2D eigenvalue weighted by molar-refractivity contribution is -0.141. The molecular weight excluding hydrogens is 941 g/mol. The van der Waals surface area contributed by atoms with Gasteiger partial charge in [-0.15, -0.1) is 0 Å². The zero-order valence-corrected chi connectivity index (χ0v) is 37.2. The number of carbonyl (C=O) groups excluding carboxylic acids is 5. The van der Waals surface area contributed by atoms with Crippen molar-refractivity contribution in [2.45, 2.75) is 35.0 Å². The highest BCUT2D eigenvalue weighted by atomic mass is 127. The van der Waals surface area contributed by atoms with E-state index in [2.05, 4.69) is 33.1 Å². The van der Waals surface area contributed by atoms with Gasteiger partial charge in [-0.25, -0.2) is 0 Å². The minimum atomic E-state index is -1.41. The summed E-state index contributed by atoms with van der Waals surface area (Å²) < 4.78 is 10.9. The molecule has 5 rings (SSSR count). The van der Waals surface area contributed by atoms with Gasteiger partial charge < -0.3 is 52.8 Å². The van der Waals surface area contributed by atoms with Crippen molar-refractivity contribution in [1.82, 2.24) is 26.2 Å². The Hall–Kier alpha value is -6.22. The molecule has 5 amide bonds. The Morgan fingerprint density at radius 2 is 1.54 bits per heavy atom. The first-order valence-electron chi connectivity index (χ1n) is 19.9. The summed E-state index contributed by atoms with van der Waals surface area (Å²) in [4.78, 5) is 70.9. The number of benzene rings is 4. The zero-order chi connectivity index (χ0) is 45.5. The van der Waals surface area contributed by atoms with E-state index in [9.17, 15) is 24.0 Å². The molecule has 0 saturated carbocycles. The van der Waals surface area contributed by atoms with Gasteiger partial charge in [0.05, 0.1) is 16.7 Å². The summed E-state index contributed by atoms with van der Waals surface area (Å²) in [5, 5.41) is 19.8. The minimum Gasteiger partial charge on any atom is -0.492 e. The Morgan fingerprint density at radius 3 is 2.19 bits per heavy atom. The molecular formula is C45H47ClIN9O7. The third kappa shape index (κ3) is 12.7. The van der Waals surface area contributed by atoms with Crippen LogP contribution in [0.25, 0.3) is 11.1 Å². The highest BCUT2D eigenvalue weighted by Gasteiger charge is 2.36. The molecule has 0 spiro atoms. The number of halogens is 2. The van der Waals surface area contributed by atoms with Crippen LogP contribution in [-0.2, 0) is 25.6 Å². The van der Waals surface area contributed by atoms with Crippen molar-refractivity contribution in [1.29, 1.82) is 5.26 Å². The molecule has 10 N–H and O–H groups in total. The normalized spacial score (nSPS) is 16.3. The molecule has 328 valence electrons. The second-order valence-corrected chi connectivity index (χ2v) is 15.8. The molecule has 1 aliphatic heterocycles. The van der Waals surface area contributed by atoms with E-state index in [0.717, 1.165) is 10.5 Å². The van der Waals surface area contributed by atoms with Crippen LogP contribution >= 0.6 is 34.2 Å². The standard InChI is InChI=1S/C45H47ClIN9O7/c1-56(45(61)35(15-16-48)53-41(57)31-12-9-28(24-34(31)46)8-7-27-5-3-2-4-6-27)39-30-11-14-38(63-22-19-51)33(26-30)32-23-29(10-13-37(32)62-21-18-50)25-36(42(58)52-20-17-49)54-44(60)40(47)55-43(39)59/h2-6,9-14,23-24,26,35-36,39-40H,15-16,18-22,25,48,50-51H2,1H3,(H,52,58)(H,53,57)(H,54,60)(H,55,59)/t35?,36-,39-,40?/m0/s1. The molecule has 0 fully saturated rings. The second-order valence-electron chi connectivity index (χ2n) is 14.1. The maximum absolute atomic E-state index is 14.6. The van der Waals surface area contributed by atoms with Gasteiger partial charge >= 0.3 is 0 Å². The van der Waals surface area contributed by atoms with E-state index >= 15 is 0 Å². The summed E-state index contributed by atoms with van der Waals surface area (Å²) in [6.07, 6.45) is -0.0190. The van der Waals surface area contributed by atoms with Crippen LogP contribution in [0.15, 0.2) is 84.9 Å². The molecule has 1 heterocycles. The van der Waals surface area contributed by atoms with Gasteiger partial charge in [0.1, 0.15) is 49.4 Å². The highest BCUT2D eigenvalue weighted by molar-refractivity contribution is 14.1. The fourth-order valence-electron chi connectivity index (χ4n) is 6.67. The number of hydrogen-bond acceptors (Lipinski definition) is 11. The van der Waals surface area contributed by atoms with Gasteiger partial charge in [-0.05, 0) is 101 Å². The Morgan fingerprint density at radius 1 is 0.873 bits per heavy atom. The monoisotopic (exact) mass is 987 g/mol. The number of rotatable bonds is 14. The quantitative estimate of drug-likeness (QED) is 0.0317. The number of alkyl halides is 1. The number of nitrogens with one attached hydrogen (secondary N) is 4. The maximum atomic E-state index is 14.6. The average molecular weight is 988 g/mol. The molecule has 0 radical (unpaired) electrons. The van der Waals surface area contributed by atoms with Crippen LogP contribution < -0.4 is 47.9 Å². The highest BCUT2D eigenvalue weighted by Crippen LogP contribution is 2.40. The molecule has 0 aliphatic carbocycles. The predicted octanol–water partition coefficient (Wildman–Crippen LogP) is 2.29. The van der Waals surface area contributed by atoms with Crippen molar-refractivity contribution in [3.8, 4) is 40.5 Å². The summed E-state index contributed by atoms with van der Waals surface area (Å²) in [5.74, 6) is 3.36. The lowest BCUT2D eigenvalue weighted by Crippen LogP contribution is -2.55. The van der Waals surface area contributed by atoms with E-state index in [-0.39, 0.29) is 62.8 Å². The number of amides is 5. The van der Waals surface area contributed by atoms with Gasteiger partial charge in [-0.3, -0.25) is 24.0 Å². The van der Waals surface area contributed by atoms with Gasteiger partial charge in [-0.1, -0.05) is 53.8 Å². The lowest BCUT2D eigenvalue weighted by atomic mass is 9.93. The Labute approximate surface area is 383 Å². The van der Waals surface area contributed by atoms with Crippen molar-refractivity contribution < 1.29 is 33.4 Å². The summed E-state index contributed by atoms with van der Waals surface area (Å²) >= 11 is 8.29. The van der Waals surface area contributed by atoms with E-state index < -0.39 is 51.7 Å². The van der Waals surface area contributed by atoms with Crippen molar-refractivity contribution in [2.24, 2.45) is 17.2 Å². The van der Waals surface area contributed by atoms with Crippen LogP contribution in [0.3, 0.4) is 0 Å². The topological polar surface area (TPSA) is 257 Å². The van der Waals surface area contributed by atoms with E-state index in [0.29, 0.717) is 39.3 Å². The van der Waals surface area contributed by atoms with Gasteiger partial charge in [-0.2, -0.15) is 5.26 Å². The number of hydrogen-bond donors (Lipinski definition) is 7. The lowest BCUT2D eigenvalue weighted by Gasteiger charge is -2.32. The summed E-state index contributed by atoms with van der Waals surface area (Å²) in [6.45, 7) is 0.332. The third-order valence-corrected chi connectivity index (χ3v) is 10.9. The van der Waals surface area contributed by atoms with Crippen molar-refractivity contribution >= 4 is 63.7 Å². The number of likely N-dealkylation sites (N-methyl/N-ethyl adjacent to an activating group) is 1. The van der Waals surface area contributed by atoms with E-state index in [1.807, 2.05) is 36.4 Å². The summed E-state index contributed by atoms with van der Waals surface area (Å²) in [5.41, 5.74) is 20.9. The minimum absolute atomic E-state index is 0.00497. The number of nitrogens with two attached hydrogens (primary N) is 3. The number of nitrogens with zero attached hydrogens (tertiary/aromatic N) is 2. The van der Waals surface area contributed by atoms with Crippen LogP contribution in [0, 0.1) is 23.2 Å². The van der Waals surface area contributed by atoms with Crippen LogP contribution in [0.1, 0.15) is 45.1 Å². The maximum Gasteiger partial charge on any atom is 0.253 e. The van der Waals surface area contributed by atoms with Crippen molar-refractivity contribution in [3.63, 3.8) is 0 Å². The molecule has 2 unspecified atom stereocenters. The van der Waals surface area contributed by atoms with E-state index in [1.165, 1.54) is 13.1 Å². The molecule has 18 heteroatoms. The van der Waals surface area contributed by atoms with Crippen molar-refractivity contribution in [3.05, 3.63) is 118 Å². The first-order chi connectivity index (χ1) is 30.4. The van der Waals surface area contributed by atoms with Crippen LogP contribution in [0.4, 0.5) is 0 Å². The first kappa shape index (κ1) is 47.8. The fraction of sp³-hybridized carbons (Fsp3) is 0.289. The average Bonchev–Trinajstić information content (AvgIpc) is 3.28. The smallest absolute Gasteiger partial charge is 0.253 e. The Bertz CT molecular complexity index is 2420. The largest absolute Gasteiger partial charge is 0.492 e. The summed E-state index contributed by atoms with van der Waals surface area (Å²) in [6, 6.07) is 22.2. The third-order valence-electron chi connectivity index (χ3n) is 9.70. The number of nitriles is 1. The van der Waals surface area contributed by atoms with Gasteiger partial charge in [0.2, 0.25) is 17.7 Å². The molecule has 63 heavy (non-hydrogen) atoms. The molecule has 0 saturated heterocycles. The van der Waals surface area contributed by atoms with E-state index in [1.54, 1.807) is 71.1 Å². The van der Waals surface area contributed by atoms with Crippen molar-refractivity contribution in [2.75, 3.05) is 46.4 Å². The van der Waals surface area contributed by atoms with Gasteiger partial charge in [0.15, 0.2) is 4.05 Å². The van der Waals surface area contributed by atoms with Gasteiger partial charge in [0.25, 0.3) is 11.8 Å². The zero-order valence-electron chi connectivity index (χ0n) is 34.3. The van der Waals surface area contributed by atoms with Crippen LogP contribution in [-0.4, -0.2) is 97.0 Å². The second kappa shape index (κ2) is 23.3. The Kier molecular flexibility index (Phi) is 17.7. The number of fused-ring (bicyclic) bond motifs is 5. The molecule has 4 aromatic rings. The number of carbonyl (C=O) groups is 5. The molecule has 1 aliphatic rings. The van der Waals surface area contributed by atoms with Crippen LogP contribution in [0.2, 0.25) is 5.02 Å². The SMILES string of the molecule is CN(C(=O)C(CCN)NC(=O)c1ccc(C#Cc2ccccc2)cc1Cl)[C@@H]1C(=O)NC(I)C(=O)N[C@H](C(=O)NCC#N)Cc2ccc(OCCN)c(c2)-c2cc1ccc2OCCN. The Balaban J connectivity index is 1.56. The van der Waals surface area contributed by atoms with Gasteiger partial charge in [0, 0.05) is 48.8 Å². The fourth-order valence-corrected chi connectivity index (χ4v) is 7.42. The number of ether oxygens (including phenoxy) is 2. The first-order valence-corrected chi connectivity index (χ1v) is 21.5. The molecule has 4 bridgehead atoms. The predicted molar refractivity (Wildman–Crippen MR) is 245 cm³/mol. The molecule has 16 nitrogen and oxygen atoms in total. The molecule has 0 aromatic heterocycles. The summed E-state index contributed by atoms with van der Waals surface area (Å²) in [7, 11) is 1.39.